The Bertz CT molecular complexity index is 318. The number of aliphatic imine (C=N–C) groups is 1. The molecule has 2 nitrogen and oxygen atoms in total. The molecule has 0 atom stereocenters. The number of nitrogens with zero attached hydrogens (tertiary/aromatic N) is 1. The van der Waals surface area contributed by atoms with Gasteiger partial charge in [-0.3, -0.25) is 0 Å². The third-order valence-electron chi connectivity index (χ3n) is 1.08. The fraction of sp³-hybridized carbons (Fsp3) is 0. The van der Waals surface area contributed by atoms with Crippen LogP contribution in [0.2, 0.25) is 0 Å². The quantitative estimate of drug-likeness (QED) is 0.572. The van der Waals surface area contributed by atoms with E-state index in [1.54, 1.807) is 18.2 Å². The number of isocyanates is 1. The predicted octanol–water partition coefficient (Wildman–Crippen LogP) is 3.18. The third kappa shape index (κ3) is 2.26. The highest BCUT2D eigenvalue weighted by atomic mass is 79.9. The van der Waals surface area contributed by atoms with Crippen molar-refractivity contribution in [2.24, 2.45) is 4.99 Å². The van der Waals surface area contributed by atoms with Crippen molar-refractivity contribution < 1.29 is 4.79 Å². The first kappa shape index (κ1) is 8.65. The highest BCUT2D eigenvalue weighted by Gasteiger charge is 1.95. The van der Waals surface area contributed by atoms with Crippen LogP contribution in [-0.2, 0) is 4.79 Å². The molecule has 0 saturated carbocycles. The lowest BCUT2D eigenvalue weighted by Crippen LogP contribution is -1.68. The molecule has 0 saturated heterocycles. The van der Waals surface area contributed by atoms with Crippen molar-refractivity contribution in [3.8, 4) is 0 Å². The molecule has 1 rings (SSSR count). The second-order valence-electron chi connectivity index (χ2n) is 1.80. The number of rotatable bonds is 1. The van der Waals surface area contributed by atoms with E-state index in [1.807, 2.05) is 0 Å². The Kier molecular flexibility index (Phi) is 3.00. The van der Waals surface area contributed by atoms with Gasteiger partial charge in [-0.05, 0) is 50.1 Å². The van der Waals surface area contributed by atoms with Crippen LogP contribution in [0.15, 0.2) is 32.1 Å². The summed E-state index contributed by atoms with van der Waals surface area (Å²) in [7, 11) is 0. The van der Waals surface area contributed by atoms with Crippen molar-refractivity contribution in [1.29, 1.82) is 0 Å². The van der Waals surface area contributed by atoms with Gasteiger partial charge in [0, 0.05) is 8.95 Å². The van der Waals surface area contributed by atoms with Gasteiger partial charge in [-0.2, -0.15) is 4.99 Å². The van der Waals surface area contributed by atoms with Gasteiger partial charge in [-0.1, -0.05) is 0 Å². The van der Waals surface area contributed by atoms with Gasteiger partial charge in [0.2, 0.25) is 6.08 Å². The Labute approximate surface area is 80.6 Å². The Balaban J connectivity index is 3.14. The summed E-state index contributed by atoms with van der Waals surface area (Å²) >= 11 is 6.57. The maximum absolute atomic E-state index is 9.85. The van der Waals surface area contributed by atoms with E-state index in [1.165, 1.54) is 6.08 Å². The zero-order chi connectivity index (χ0) is 8.27. The largest absolute Gasteiger partial charge is 0.240 e. The number of hydrogen-bond acceptors (Lipinski definition) is 2. The molecule has 0 aliphatic carbocycles. The van der Waals surface area contributed by atoms with Crippen molar-refractivity contribution in [2.75, 3.05) is 0 Å². The summed E-state index contributed by atoms with van der Waals surface area (Å²) < 4.78 is 1.80. The predicted molar refractivity (Wildman–Crippen MR) is 49.6 cm³/mol. The second-order valence-corrected chi connectivity index (χ2v) is 3.51. The Morgan fingerprint density at radius 1 is 1.27 bits per heavy atom. The van der Waals surface area contributed by atoms with E-state index in [4.69, 9.17) is 0 Å². The highest BCUT2D eigenvalue weighted by molar-refractivity contribution is 9.13. The Hall–Kier alpha value is -0.440. The monoisotopic (exact) mass is 275 g/mol. The van der Waals surface area contributed by atoms with Crippen LogP contribution in [0.1, 0.15) is 0 Å². The van der Waals surface area contributed by atoms with Gasteiger partial charge in [0.25, 0.3) is 0 Å². The maximum Gasteiger partial charge on any atom is 0.240 e. The Morgan fingerprint density at radius 2 is 2.00 bits per heavy atom. The van der Waals surface area contributed by atoms with Crippen LogP contribution >= 0.6 is 31.9 Å². The molecular weight excluding hydrogens is 274 g/mol. The minimum atomic E-state index is 0.593. The molecule has 1 aromatic carbocycles. The molecule has 0 fully saturated rings. The van der Waals surface area contributed by atoms with Crippen LogP contribution in [0.4, 0.5) is 5.69 Å². The van der Waals surface area contributed by atoms with Crippen molar-refractivity contribution in [3.05, 3.63) is 27.1 Å². The smallest absolute Gasteiger partial charge is 0.211 e. The summed E-state index contributed by atoms with van der Waals surface area (Å²) in [5, 5.41) is 0. The van der Waals surface area contributed by atoms with Gasteiger partial charge in [-0.15, -0.1) is 0 Å². The van der Waals surface area contributed by atoms with Gasteiger partial charge >= 0.3 is 0 Å². The van der Waals surface area contributed by atoms with E-state index in [-0.39, 0.29) is 0 Å². The van der Waals surface area contributed by atoms with E-state index < -0.39 is 0 Å². The molecule has 0 heterocycles. The molecule has 56 valence electrons. The molecule has 0 aliphatic rings. The first-order valence-electron chi connectivity index (χ1n) is 2.77. The lowest BCUT2D eigenvalue weighted by molar-refractivity contribution is 0.565. The fourth-order valence-corrected chi connectivity index (χ4v) is 1.22. The average Bonchev–Trinajstić information content (AvgIpc) is 1.98. The molecule has 0 spiro atoms. The standard InChI is InChI=1S/C7H3Br2NO/c8-6-2-1-5(10-4-11)3-7(6)9/h1-3H. The van der Waals surface area contributed by atoms with E-state index in [2.05, 4.69) is 36.9 Å². The fourth-order valence-electron chi connectivity index (χ4n) is 0.607. The summed E-state index contributed by atoms with van der Waals surface area (Å²) in [5.41, 5.74) is 0.593. The molecule has 0 aliphatic heterocycles. The summed E-state index contributed by atoms with van der Waals surface area (Å²) in [6, 6.07) is 5.26. The van der Waals surface area contributed by atoms with Gasteiger partial charge in [0.05, 0.1) is 5.69 Å². The molecular formula is C7H3Br2NO. The summed E-state index contributed by atoms with van der Waals surface area (Å²) in [6.07, 6.45) is 1.47. The average molecular weight is 277 g/mol. The summed E-state index contributed by atoms with van der Waals surface area (Å²) in [4.78, 5) is 13.3. The number of hydrogen-bond donors (Lipinski definition) is 0. The maximum atomic E-state index is 9.85. The van der Waals surface area contributed by atoms with Crippen LogP contribution in [0.3, 0.4) is 0 Å². The van der Waals surface area contributed by atoms with E-state index >= 15 is 0 Å². The minimum Gasteiger partial charge on any atom is -0.211 e. The summed E-state index contributed by atoms with van der Waals surface area (Å²) in [6.45, 7) is 0. The van der Waals surface area contributed by atoms with E-state index in [0.29, 0.717) is 5.69 Å². The van der Waals surface area contributed by atoms with Gasteiger partial charge in [0.1, 0.15) is 0 Å². The van der Waals surface area contributed by atoms with Crippen molar-refractivity contribution in [2.45, 2.75) is 0 Å². The highest BCUT2D eigenvalue weighted by Crippen LogP contribution is 2.26. The van der Waals surface area contributed by atoms with E-state index in [9.17, 15) is 4.79 Å². The molecule has 0 N–H and O–H groups in total. The lowest BCUT2D eigenvalue weighted by atomic mass is 10.3. The second kappa shape index (κ2) is 3.81. The zero-order valence-electron chi connectivity index (χ0n) is 5.34. The van der Waals surface area contributed by atoms with Gasteiger partial charge in [-0.25, -0.2) is 4.79 Å². The number of carbonyl (C=O) groups excluding carboxylic acids is 1. The molecule has 4 heteroatoms. The van der Waals surface area contributed by atoms with Crippen molar-refractivity contribution in [1.82, 2.24) is 0 Å². The van der Waals surface area contributed by atoms with Crippen LogP contribution < -0.4 is 0 Å². The Morgan fingerprint density at radius 3 is 2.55 bits per heavy atom. The molecule has 11 heavy (non-hydrogen) atoms. The van der Waals surface area contributed by atoms with Crippen LogP contribution in [0.25, 0.3) is 0 Å². The van der Waals surface area contributed by atoms with Crippen molar-refractivity contribution >= 4 is 43.6 Å². The molecule has 0 radical (unpaired) electrons. The number of benzene rings is 1. The number of halogens is 2. The first-order valence-corrected chi connectivity index (χ1v) is 4.35. The van der Waals surface area contributed by atoms with E-state index in [0.717, 1.165) is 8.95 Å². The summed E-state index contributed by atoms with van der Waals surface area (Å²) in [5.74, 6) is 0. The zero-order valence-corrected chi connectivity index (χ0v) is 8.52. The van der Waals surface area contributed by atoms with Crippen LogP contribution in [0.5, 0.6) is 0 Å². The minimum absolute atomic E-state index is 0.593. The molecule has 0 bridgehead atoms. The first-order chi connectivity index (χ1) is 5.24. The molecule has 0 unspecified atom stereocenters. The van der Waals surface area contributed by atoms with Crippen molar-refractivity contribution in [3.63, 3.8) is 0 Å². The van der Waals surface area contributed by atoms with Gasteiger partial charge in [0.15, 0.2) is 0 Å². The molecule has 0 aromatic heterocycles. The SMILES string of the molecule is O=C=Nc1ccc(Br)c(Br)c1. The van der Waals surface area contributed by atoms with Crippen LogP contribution in [0, 0.1) is 0 Å². The molecule has 1 aromatic rings. The van der Waals surface area contributed by atoms with Crippen LogP contribution in [-0.4, -0.2) is 6.08 Å². The normalized spacial score (nSPS) is 8.91. The third-order valence-corrected chi connectivity index (χ3v) is 2.96. The van der Waals surface area contributed by atoms with Gasteiger partial charge < -0.3 is 0 Å². The lowest BCUT2D eigenvalue weighted by Gasteiger charge is -1.94. The topological polar surface area (TPSA) is 29.4 Å². The molecule has 0 amide bonds.